The zero-order valence-corrected chi connectivity index (χ0v) is 11.3. The summed E-state index contributed by atoms with van der Waals surface area (Å²) >= 11 is 1.71. The predicted molar refractivity (Wildman–Crippen MR) is 71.9 cm³/mol. The highest BCUT2D eigenvalue weighted by Crippen LogP contribution is 2.17. The lowest BCUT2D eigenvalue weighted by Gasteiger charge is -2.17. The monoisotopic (exact) mass is 268 g/mol. The number of halogens is 1. The summed E-state index contributed by atoms with van der Waals surface area (Å²) in [5.41, 5.74) is 1.41. The molecule has 2 rings (SSSR count). The van der Waals surface area contributed by atoms with Crippen molar-refractivity contribution in [3.05, 3.63) is 35.1 Å². The van der Waals surface area contributed by atoms with Gasteiger partial charge < -0.3 is 5.32 Å². The summed E-state index contributed by atoms with van der Waals surface area (Å²) in [6.07, 6.45) is 0. The van der Waals surface area contributed by atoms with E-state index < -0.39 is 0 Å². The van der Waals surface area contributed by atoms with Crippen LogP contribution in [0, 0.1) is 12.7 Å². The average molecular weight is 268 g/mol. The van der Waals surface area contributed by atoms with Gasteiger partial charge >= 0.3 is 0 Å². The van der Waals surface area contributed by atoms with Crippen LogP contribution >= 0.6 is 11.8 Å². The van der Waals surface area contributed by atoms with Crippen molar-refractivity contribution in [1.29, 1.82) is 0 Å². The summed E-state index contributed by atoms with van der Waals surface area (Å²) in [5, 5.41) is 6.01. The number of nitrogens with one attached hydrogen (secondary N) is 2. The molecule has 2 N–H and O–H groups in total. The second-order valence-corrected chi connectivity index (χ2v) is 5.54. The predicted octanol–water partition coefficient (Wildman–Crippen LogP) is 1.97. The van der Waals surface area contributed by atoms with E-state index in [2.05, 4.69) is 10.6 Å². The maximum atomic E-state index is 13.4. The van der Waals surface area contributed by atoms with Gasteiger partial charge in [0, 0.05) is 11.6 Å². The molecule has 0 aromatic heterocycles. The molecule has 0 spiro atoms. The van der Waals surface area contributed by atoms with Crippen LogP contribution in [0.5, 0.6) is 0 Å². The number of carbonyl (C=O) groups excluding carboxylic acids is 1. The Morgan fingerprint density at radius 1 is 1.61 bits per heavy atom. The minimum absolute atomic E-state index is 0.0199. The van der Waals surface area contributed by atoms with Crippen LogP contribution in [0.1, 0.15) is 24.1 Å². The Labute approximate surface area is 111 Å². The number of hydrogen-bond acceptors (Lipinski definition) is 3. The van der Waals surface area contributed by atoms with Gasteiger partial charge in [-0.15, -0.1) is 11.8 Å². The molecule has 18 heavy (non-hydrogen) atoms. The average Bonchev–Trinajstić information content (AvgIpc) is 2.86. The third-order valence-electron chi connectivity index (χ3n) is 3.09. The maximum absolute atomic E-state index is 13.4. The zero-order valence-electron chi connectivity index (χ0n) is 10.5. The molecule has 2 atom stereocenters. The molecule has 1 aliphatic heterocycles. The molecule has 0 saturated carbocycles. The summed E-state index contributed by atoms with van der Waals surface area (Å²) in [7, 11) is 0. The van der Waals surface area contributed by atoms with E-state index >= 15 is 0 Å². The van der Waals surface area contributed by atoms with Crippen molar-refractivity contribution in [1.82, 2.24) is 10.6 Å². The minimum Gasteiger partial charge on any atom is -0.348 e. The van der Waals surface area contributed by atoms with Crippen molar-refractivity contribution in [2.75, 3.05) is 11.6 Å². The molecule has 0 aliphatic carbocycles. The number of hydrogen-bond donors (Lipinski definition) is 2. The molecule has 1 aliphatic rings. The molecule has 1 amide bonds. The normalized spacial score (nSPS) is 20.7. The van der Waals surface area contributed by atoms with E-state index in [1.807, 2.05) is 13.0 Å². The fourth-order valence-electron chi connectivity index (χ4n) is 1.84. The lowest BCUT2D eigenvalue weighted by molar-refractivity contribution is -0.123. The smallest absolute Gasteiger partial charge is 0.238 e. The van der Waals surface area contributed by atoms with Gasteiger partial charge in [-0.1, -0.05) is 12.1 Å². The number of aryl methyl sites for hydroxylation is 1. The van der Waals surface area contributed by atoms with Crippen molar-refractivity contribution in [2.24, 2.45) is 0 Å². The Bertz CT molecular complexity index is 447. The Kier molecular flexibility index (Phi) is 4.24. The molecule has 1 fully saturated rings. The van der Waals surface area contributed by atoms with Crippen molar-refractivity contribution in [3.8, 4) is 0 Å². The van der Waals surface area contributed by atoms with E-state index in [-0.39, 0.29) is 23.8 Å². The summed E-state index contributed by atoms with van der Waals surface area (Å²) in [5.74, 6) is 1.35. The lowest BCUT2D eigenvalue weighted by atomic mass is 10.1. The molecule has 1 heterocycles. The fraction of sp³-hybridized carbons (Fsp3) is 0.462. The summed E-state index contributed by atoms with van der Waals surface area (Å²) < 4.78 is 13.4. The Morgan fingerprint density at radius 3 is 3.00 bits per heavy atom. The van der Waals surface area contributed by atoms with Crippen LogP contribution in [-0.4, -0.2) is 23.6 Å². The molecule has 0 radical (unpaired) electrons. The molecular weight excluding hydrogens is 251 g/mol. The quantitative estimate of drug-likeness (QED) is 0.880. The first-order chi connectivity index (χ1) is 8.58. The SMILES string of the molecule is Cc1ccc([C@H](C)NC(=O)[C@H]2CSCN2)cc1F. The molecule has 0 unspecified atom stereocenters. The van der Waals surface area contributed by atoms with Crippen molar-refractivity contribution in [3.63, 3.8) is 0 Å². The molecule has 98 valence electrons. The van der Waals surface area contributed by atoms with Gasteiger partial charge in [0.15, 0.2) is 0 Å². The molecule has 1 aromatic rings. The maximum Gasteiger partial charge on any atom is 0.238 e. The number of benzene rings is 1. The summed E-state index contributed by atoms with van der Waals surface area (Å²) in [6.45, 7) is 3.59. The van der Waals surface area contributed by atoms with E-state index in [1.165, 1.54) is 6.07 Å². The molecular formula is C13H17FN2OS. The van der Waals surface area contributed by atoms with Gasteiger partial charge in [-0.05, 0) is 31.0 Å². The second kappa shape index (κ2) is 5.71. The minimum atomic E-state index is -0.233. The molecule has 0 bridgehead atoms. The van der Waals surface area contributed by atoms with Gasteiger partial charge in [0.25, 0.3) is 0 Å². The van der Waals surface area contributed by atoms with Crippen LogP contribution in [0.3, 0.4) is 0 Å². The Morgan fingerprint density at radius 2 is 2.39 bits per heavy atom. The van der Waals surface area contributed by atoms with Crippen LogP contribution in [0.25, 0.3) is 0 Å². The molecule has 3 nitrogen and oxygen atoms in total. The molecule has 1 saturated heterocycles. The van der Waals surface area contributed by atoms with Crippen molar-refractivity contribution < 1.29 is 9.18 Å². The Hall–Kier alpha value is -1.07. The first kappa shape index (κ1) is 13.4. The third-order valence-corrected chi connectivity index (χ3v) is 4.03. The van der Waals surface area contributed by atoms with Gasteiger partial charge in [0.1, 0.15) is 5.82 Å². The standard InChI is InChI=1S/C13H17FN2OS/c1-8-3-4-10(5-11(8)14)9(2)16-13(17)12-6-18-7-15-12/h3-5,9,12,15H,6-7H2,1-2H3,(H,16,17)/t9-,12+/m0/s1. The lowest BCUT2D eigenvalue weighted by Crippen LogP contribution is -2.42. The van der Waals surface area contributed by atoms with Crippen LogP contribution in [0.2, 0.25) is 0 Å². The number of rotatable bonds is 3. The third kappa shape index (κ3) is 3.03. The van der Waals surface area contributed by atoms with Gasteiger partial charge in [-0.3, -0.25) is 10.1 Å². The molecule has 1 aromatic carbocycles. The number of thioether (sulfide) groups is 1. The van der Waals surface area contributed by atoms with Crippen LogP contribution in [0.15, 0.2) is 18.2 Å². The van der Waals surface area contributed by atoms with E-state index in [4.69, 9.17) is 0 Å². The molecule has 5 heteroatoms. The number of amides is 1. The largest absolute Gasteiger partial charge is 0.348 e. The highest BCUT2D eigenvalue weighted by Gasteiger charge is 2.23. The summed E-state index contributed by atoms with van der Waals surface area (Å²) in [6, 6.07) is 4.75. The van der Waals surface area contributed by atoms with E-state index in [9.17, 15) is 9.18 Å². The highest BCUT2D eigenvalue weighted by atomic mass is 32.2. The van der Waals surface area contributed by atoms with Gasteiger partial charge in [0.05, 0.1) is 12.1 Å². The van der Waals surface area contributed by atoms with Gasteiger partial charge in [-0.25, -0.2) is 4.39 Å². The first-order valence-corrected chi connectivity index (χ1v) is 7.11. The topological polar surface area (TPSA) is 41.1 Å². The Balaban J connectivity index is 2.00. The highest BCUT2D eigenvalue weighted by molar-refractivity contribution is 7.99. The van der Waals surface area contributed by atoms with Gasteiger partial charge in [0.2, 0.25) is 5.91 Å². The van der Waals surface area contributed by atoms with Crippen LogP contribution < -0.4 is 10.6 Å². The second-order valence-electron chi connectivity index (χ2n) is 4.51. The van der Waals surface area contributed by atoms with Crippen LogP contribution in [0.4, 0.5) is 4.39 Å². The van der Waals surface area contributed by atoms with Gasteiger partial charge in [-0.2, -0.15) is 0 Å². The van der Waals surface area contributed by atoms with E-state index in [0.29, 0.717) is 5.56 Å². The van der Waals surface area contributed by atoms with E-state index in [0.717, 1.165) is 17.2 Å². The van der Waals surface area contributed by atoms with Crippen molar-refractivity contribution >= 4 is 17.7 Å². The van der Waals surface area contributed by atoms with E-state index in [1.54, 1.807) is 24.8 Å². The fourth-order valence-corrected chi connectivity index (χ4v) is 2.78. The van der Waals surface area contributed by atoms with Crippen LogP contribution in [-0.2, 0) is 4.79 Å². The summed E-state index contributed by atoms with van der Waals surface area (Å²) in [4.78, 5) is 11.9. The zero-order chi connectivity index (χ0) is 13.1. The first-order valence-electron chi connectivity index (χ1n) is 5.95. The number of carbonyl (C=O) groups is 1. The van der Waals surface area contributed by atoms with Crippen molar-refractivity contribution in [2.45, 2.75) is 25.9 Å².